The minimum absolute atomic E-state index is 0.0547. The highest BCUT2D eigenvalue weighted by Gasteiger charge is 2.41. The molecule has 1 unspecified atom stereocenters. The fourth-order valence-electron chi connectivity index (χ4n) is 4.51. The molecule has 1 saturated carbocycles. The van der Waals surface area contributed by atoms with Gasteiger partial charge in [-0.1, -0.05) is 91.0 Å². The minimum atomic E-state index is -0.607. The van der Waals surface area contributed by atoms with Crippen LogP contribution in [0.25, 0.3) is 0 Å². The van der Waals surface area contributed by atoms with Gasteiger partial charge in [0.25, 0.3) is 0 Å². The molecule has 0 spiro atoms. The predicted octanol–water partition coefficient (Wildman–Crippen LogP) is 5.35. The van der Waals surface area contributed by atoms with Crippen LogP contribution in [0.15, 0.2) is 91.0 Å². The fraction of sp³-hybridized carbons (Fsp3) is 0.231. The van der Waals surface area contributed by atoms with E-state index in [1.165, 1.54) is 0 Å². The van der Waals surface area contributed by atoms with E-state index in [2.05, 4.69) is 36.4 Å². The molecule has 1 fully saturated rings. The van der Waals surface area contributed by atoms with Crippen molar-refractivity contribution < 1.29 is 9.59 Å². The summed E-state index contributed by atoms with van der Waals surface area (Å²) in [6.07, 6.45) is 2.34. The summed E-state index contributed by atoms with van der Waals surface area (Å²) in [6, 6.07) is 30.6. The molecule has 1 atom stereocenters. The van der Waals surface area contributed by atoms with Gasteiger partial charge in [0.05, 0.1) is 11.3 Å². The van der Waals surface area contributed by atoms with Crippen molar-refractivity contribution >= 4 is 11.6 Å². The number of benzene rings is 3. The molecular formula is C26H24O2. The molecule has 3 aromatic rings. The molecule has 0 aliphatic heterocycles. The van der Waals surface area contributed by atoms with Crippen LogP contribution in [0.2, 0.25) is 0 Å². The van der Waals surface area contributed by atoms with Crippen molar-refractivity contribution in [2.75, 3.05) is 0 Å². The molecule has 140 valence electrons. The number of hydrogen-bond donors (Lipinski definition) is 0. The number of ketones is 2. The van der Waals surface area contributed by atoms with E-state index in [0.29, 0.717) is 19.3 Å². The Hall–Kier alpha value is -3.00. The van der Waals surface area contributed by atoms with Gasteiger partial charge in [0.1, 0.15) is 11.6 Å². The zero-order chi connectivity index (χ0) is 19.4. The van der Waals surface area contributed by atoms with Crippen LogP contribution in [0.1, 0.15) is 42.4 Å². The quantitative estimate of drug-likeness (QED) is 0.434. The third kappa shape index (κ3) is 3.31. The van der Waals surface area contributed by atoms with Crippen LogP contribution in [0.5, 0.6) is 0 Å². The molecule has 0 saturated heterocycles. The summed E-state index contributed by atoms with van der Waals surface area (Å²) in [7, 11) is 0. The highest BCUT2D eigenvalue weighted by atomic mass is 16.2. The Morgan fingerprint density at radius 1 is 0.750 bits per heavy atom. The first-order valence-corrected chi connectivity index (χ1v) is 9.94. The molecule has 0 heterocycles. The maximum Gasteiger partial charge on any atom is 0.144 e. The van der Waals surface area contributed by atoms with Gasteiger partial charge < -0.3 is 0 Å². The Bertz CT molecular complexity index is 849. The number of rotatable bonds is 6. The van der Waals surface area contributed by atoms with Crippen molar-refractivity contribution in [3.05, 3.63) is 108 Å². The van der Waals surface area contributed by atoms with Crippen molar-refractivity contribution in [1.29, 1.82) is 0 Å². The van der Waals surface area contributed by atoms with Crippen LogP contribution in [0.3, 0.4) is 0 Å². The number of carbonyl (C=O) groups excluding carboxylic acids is 2. The summed E-state index contributed by atoms with van der Waals surface area (Å²) in [5, 5.41) is 0. The molecule has 1 aliphatic carbocycles. The van der Waals surface area contributed by atoms with E-state index in [4.69, 9.17) is 0 Å². The lowest BCUT2D eigenvalue weighted by atomic mass is 9.65. The molecule has 0 bridgehead atoms. The molecule has 2 nitrogen and oxygen atoms in total. The van der Waals surface area contributed by atoms with Crippen molar-refractivity contribution in [3.63, 3.8) is 0 Å². The van der Waals surface area contributed by atoms with E-state index < -0.39 is 11.3 Å². The SMILES string of the molecule is O=C1CCCC1C(=O)CC(c1ccccc1)(c1ccccc1)c1ccccc1. The van der Waals surface area contributed by atoms with Crippen LogP contribution in [-0.2, 0) is 15.0 Å². The predicted molar refractivity (Wildman–Crippen MR) is 111 cm³/mol. The van der Waals surface area contributed by atoms with Gasteiger partial charge in [0.15, 0.2) is 0 Å². The summed E-state index contributed by atoms with van der Waals surface area (Å²) in [6.45, 7) is 0. The number of carbonyl (C=O) groups is 2. The van der Waals surface area contributed by atoms with E-state index in [0.717, 1.165) is 23.1 Å². The highest BCUT2D eigenvalue weighted by Crippen LogP contribution is 2.43. The number of Topliss-reactive ketones (excluding diaryl/α,β-unsaturated/α-hetero) is 2. The van der Waals surface area contributed by atoms with Gasteiger partial charge in [0.2, 0.25) is 0 Å². The summed E-state index contributed by atoms with van der Waals surface area (Å²) < 4.78 is 0. The first-order chi connectivity index (χ1) is 13.7. The molecule has 2 heteroatoms. The van der Waals surface area contributed by atoms with Gasteiger partial charge in [-0.2, -0.15) is 0 Å². The molecule has 0 radical (unpaired) electrons. The van der Waals surface area contributed by atoms with Crippen molar-refractivity contribution in [3.8, 4) is 0 Å². The van der Waals surface area contributed by atoms with Gasteiger partial charge in [-0.25, -0.2) is 0 Å². The first kappa shape index (κ1) is 18.4. The maximum absolute atomic E-state index is 13.4. The monoisotopic (exact) mass is 368 g/mol. The highest BCUT2D eigenvalue weighted by molar-refractivity contribution is 6.04. The van der Waals surface area contributed by atoms with E-state index in [9.17, 15) is 9.59 Å². The maximum atomic E-state index is 13.4. The van der Waals surface area contributed by atoms with Crippen molar-refractivity contribution in [2.45, 2.75) is 31.1 Å². The minimum Gasteiger partial charge on any atom is -0.299 e. The summed E-state index contributed by atoms with van der Waals surface area (Å²) in [4.78, 5) is 25.7. The van der Waals surface area contributed by atoms with Crippen LogP contribution in [0.4, 0.5) is 0 Å². The summed E-state index contributed by atoms with van der Waals surface area (Å²) in [5.41, 5.74) is 2.62. The Kier molecular flexibility index (Phi) is 5.21. The number of hydrogen-bond acceptors (Lipinski definition) is 2. The van der Waals surface area contributed by atoms with E-state index in [1.807, 2.05) is 54.6 Å². The zero-order valence-corrected chi connectivity index (χ0v) is 15.9. The molecule has 3 aromatic carbocycles. The van der Waals surface area contributed by atoms with E-state index >= 15 is 0 Å². The van der Waals surface area contributed by atoms with Crippen LogP contribution in [0, 0.1) is 5.92 Å². The second-order valence-corrected chi connectivity index (χ2v) is 7.56. The Morgan fingerprint density at radius 2 is 1.18 bits per heavy atom. The molecule has 0 aromatic heterocycles. The van der Waals surface area contributed by atoms with Gasteiger partial charge >= 0.3 is 0 Å². The molecule has 0 N–H and O–H groups in total. The largest absolute Gasteiger partial charge is 0.299 e. The van der Waals surface area contributed by atoms with Gasteiger partial charge in [-0.05, 0) is 29.5 Å². The Morgan fingerprint density at radius 3 is 1.54 bits per heavy atom. The third-order valence-electron chi connectivity index (χ3n) is 5.93. The summed E-state index contributed by atoms with van der Waals surface area (Å²) in [5.74, 6) is -0.289. The van der Waals surface area contributed by atoms with Gasteiger partial charge in [-0.15, -0.1) is 0 Å². The van der Waals surface area contributed by atoms with Crippen molar-refractivity contribution in [2.24, 2.45) is 5.92 Å². The lowest BCUT2D eigenvalue weighted by Crippen LogP contribution is -2.35. The molecule has 1 aliphatic rings. The Balaban J connectivity index is 1.91. The van der Waals surface area contributed by atoms with Gasteiger partial charge in [0, 0.05) is 12.8 Å². The third-order valence-corrected chi connectivity index (χ3v) is 5.93. The second kappa shape index (κ2) is 7.93. The zero-order valence-electron chi connectivity index (χ0n) is 15.9. The molecule has 4 rings (SSSR count). The first-order valence-electron chi connectivity index (χ1n) is 9.94. The summed E-state index contributed by atoms with van der Waals surface area (Å²) >= 11 is 0. The average Bonchev–Trinajstić information content (AvgIpc) is 3.20. The van der Waals surface area contributed by atoms with Crippen LogP contribution < -0.4 is 0 Å². The second-order valence-electron chi connectivity index (χ2n) is 7.56. The smallest absolute Gasteiger partial charge is 0.144 e. The molecule has 28 heavy (non-hydrogen) atoms. The lowest BCUT2D eigenvalue weighted by molar-refractivity contribution is -0.131. The molecular weight excluding hydrogens is 344 g/mol. The van der Waals surface area contributed by atoms with Crippen LogP contribution >= 0.6 is 0 Å². The lowest BCUT2D eigenvalue weighted by Gasteiger charge is -2.36. The topological polar surface area (TPSA) is 34.1 Å². The van der Waals surface area contributed by atoms with Gasteiger partial charge in [-0.3, -0.25) is 9.59 Å². The average molecular weight is 368 g/mol. The fourth-order valence-corrected chi connectivity index (χ4v) is 4.51. The standard InChI is InChI=1S/C26H24O2/c27-24-18-10-17-23(24)25(28)19-26(20-11-4-1-5-12-20,21-13-6-2-7-14-21)22-15-8-3-9-16-22/h1-9,11-16,23H,10,17-19H2. The van der Waals surface area contributed by atoms with Crippen molar-refractivity contribution in [1.82, 2.24) is 0 Å². The van der Waals surface area contributed by atoms with E-state index in [-0.39, 0.29) is 11.6 Å². The molecule has 0 amide bonds. The van der Waals surface area contributed by atoms with Crippen LogP contribution in [-0.4, -0.2) is 11.6 Å². The Labute approximate surface area is 166 Å². The normalized spacial score (nSPS) is 16.9. The van der Waals surface area contributed by atoms with E-state index in [1.54, 1.807) is 0 Å².